The molecule has 186 valence electrons. The van der Waals surface area contributed by atoms with E-state index >= 15 is 0 Å². The fraction of sp³-hybridized carbons (Fsp3) is 0.143. The van der Waals surface area contributed by atoms with Gasteiger partial charge in [-0.3, -0.25) is 0 Å². The summed E-state index contributed by atoms with van der Waals surface area (Å²) >= 11 is 0. The molecule has 0 saturated carbocycles. The maximum Gasteiger partial charge on any atom is 0.432 e. The molecule has 0 aliphatic carbocycles. The summed E-state index contributed by atoms with van der Waals surface area (Å²) in [5, 5.41) is 0. The van der Waals surface area contributed by atoms with Crippen molar-refractivity contribution in [3.05, 3.63) is 113 Å². The van der Waals surface area contributed by atoms with Crippen molar-refractivity contribution in [3.63, 3.8) is 0 Å². The minimum absolute atomic E-state index is 0.167. The van der Waals surface area contributed by atoms with E-state index < -0.39 is 52.1 Å². The molecule has 8 heteroatoms. The summed E-state index contributed by atoms with van der Waals surface area (Å²) in [4.78, 5) is 0. The first-order valence-electron chi connectivity index (χ1n) is 10.9. The van der Waals surface area contributed by atoms with Crippen molar-refractivity contribution in [1.29, 1.82) is 0 Å². The van der Waals surface area contributed by atoms with Gasteiger partial charge in [-0.25, -0.2) is 22.0 Å². The third kappa shape index (κ3) is 4.94. The van der Waals surface area contributed by atoms with Gasteiger partial charge in [0.2, 0.25) is 0 Å². The van der Waals surface area contributed by atoms with Crippen LogP contribution in [0.25, 0.3) is 22.3 Å². The molecular formula is C28H19F7O. The van der Waals surface area contributed by atoms with Crippen LogP contribution in [0.1, 0.15) is 23.6 Å². The standard InChI is InChI=1S/C28H19F7O/c1-3-16-6-9-20(21(29)10-16)18-11-24(32)27(25(33)12-18)28(34,35)36-19-13-22(30)26(23(31)14-19)17-7-4-15(2)5-8-17/h4-14H,3H2,1-2H3. The van der Waals surface area contributed by atoms with Gasteiger partial charge in [-0.2, -0.15) is 8.78 Å². The Labute approximate surface area is 202 Å². The van der Waals surface area contributed by atoms with Gasteiger partial charge in [0.15, 0.2) is 0 Å². The summed E-state index contributed by atoms with van der Waals surface area (Å²) < 4.78 is 107. The number of ether oxygens (including phenoxy) is 1. The van der Waals surface area contributed by atoms with Crippen molar-refractivity contribution in [2.45, 2.75) is 26.4 Å². The monoisotopic (exact) mass is 504 g/mol. The molecule has 0 heterocycles. The van der Waals surface area contributed by atoms with Crippen molar-refractivity contribution in [1.82, 2.24) is 0 Å². The zero-order valence-electron chi connectivity index (χ0n) is 19.1. The van der Waals surface area contributed by atoms with Gasteiger partial charge in [-0.05, 0) is 48.2 Å². The van der Waals surface area contributed by atoms with Crippen LogP contribution >= 0.6 is 0 Å². The van der Waals surface area contributed by atoms with Crippen molar-refractivity contribution in [3.8, 4) is 28.0 Å². The van der Waals surface area contributed by atoms with E-state index in [2.05, 4.69) is 4.74 Å². The Morgan fingerprint density at radius 1 is 0.667 bits per heavy atom. The molecule has 0 fully saturated rings. The molecule has 1 nitrogen and oxygen atoms in total. The van der Waals surface area contributed by atoms with Gasteiger partial charge in [-0.1, -0.05) is 48.9 Å². The first-order valence-corrected chi connectivity index (χ1v) is 10.9. The first-order chi connectivity index (χ1) is 17.0. The van der Waals surface area contributed by atoms with Crippen LogP contribution in [0, 0.1) is 36.0 Å². The van der Waals surface area contributed by atoms with E-state index in [1.165, 1.54) is 24.3 Å². The molecule has 0 amide bonds. The van der Waals surface area contributed by atoms with E-state index in [1.807, 2.05) is 0 Å². The molecule has 0 unspecified atom stereocenters. The zero-order chi connectivity index (χ0) is 26.2. The summed E-state index contributed by atoms with van der Waals surface area (Å²) in [5.74, 6) is -7.59. The lowest BCUT2D eigenvalue weighted by Crippen LogP contribution is -2.25. The minimum Gasteiger partial charge on any atom is -0.429 e. The second-order valence-corrected chi connectivity index (χ2v) is 8.23. The predicted molar refractivity (Wildman–Crippen MR) is 122 cm³/mol. The van der Waals surface area contributed by atoms with E-state index in [0.29, 0.717) is 36.2 Å². The Morgan fingerprint density at radius 3 is 1.78 bits per heavy atom. The molecule has 36 heavy (non-hydrogen) atoms. The molecule has 0 radical (unpaired) electrons. The van der Waals surface area contributed by atoms with Crippen molar-refractivity contribution >= 4 is 0 Å². The van der Waals surface area contributed by atoms with Gasteiger partial charge in [0.1, 0.15) is 40.4 Å². The quantitative estimate of drug-likeness (QED) is 0.239. The highest BCUT2D eigenvalue weighted by molar-refractivity contribution is 5.67. The summed E-state index contributed by atoms with van der Waals surface area (Å²) in [6.45, 7) is 3.57. The van der Waals surface area contributed by atoms with Crippen LogP contribution < -0.4 is 4.74 Å². The fourth-order valence-electron chi connectivity index (χ4n) is 3.82. The van der Waals surface area contributed by atoms with Crippen molar-refractivity contribution < 1.29 is 35.5 Å². The van der Waals surface area contributed by atoms with E-state index in [-0.39, 0.29) is 16.7 Å². The Bertz CT molecular complexity index is 1380. The molecule has 0 atom stereocenters. The number of alkyl halides is 2. The van der Waals surface area contributed by atoms with Crippen molar-refractivity contribution in [2.24, 2.45) is 0 Å². The third-order valence-corrected chi connectivity index (χ3v) is 5.69. The van der Waals surface area contributed by atoms with E-state index in [1.54, 1.807) is 32.0 Å². The number of aryl methyl sites for hydroxylation is 2. The summed E-state index contributed by atoms with van der Waals surface area (Å²) in [6.07, 6.45) is -4.11. The van der Waals surface area contributed by atoms with Gasteiger partial charge in [0.25, 0.3) is 0 Å². The van der Waals surface area contributed by atoms with Gasteiger partial charge >= 0.3 is 6.11 Å². The Balaban J connectivity index is 1.67. The molecular weight excluding hydrogens is 485 g/mol. The van der Waals surface area contributed by atoms with Crippen LogP contribution in [0.15, 0.2) is 66.7 Å². The lowest BCUT2D eigenvalue weighted by Gasteiger charge is -2.20. The van der Waals surface area contributed by atoms with Gasteiger partial charge in [0.05, 0.1) is 5.56 Å². The van der Waals surface area contributed by atoms with E-state index in [9.17, 15) is 30.7 Å². The van der Waals surface area contributed by atoms with E-state index in [0.717, 1.165) is 5.56 Å². The van der Waals surface area contributed by atoms with Crippen LogP contribution in [0.3, 0.4) is 0 Å². The summed E-state index contributed by atoms with van der Waals surface area (Å²) in [7, 11) is 0. The molecule has 4 aromatic rings. The smallest absolute Gasteiger partial charge is 0.429 e. The number of hydrogen-bond donors (Lipinski definition) is 0. The van der Waals surface area contributed by atoms with E-state index in [4.69, 9.17) is 0 Å². The van der Waals surface area contributed by atoms with Crippen LogP contribution in [0.2, 0.25) is 0 Å². The number of hydrogen-bond acceptors (Lipinski definition) is 1. The average Bonchev–Trinajstić information content (AvgIpc) is 2.78. The highest BCUT2D eigenvalue weighted by Gasteiger charge is 2.41. The molecule has 0 N–H and O–H groups in total. The van der Waals surface area contributed by atoms with Gasteiger partial charge in [-0.15, -0.1) is 0 Å². The Hall–Kier alpha value is -3.81. The second kappa shape index (κ2) is 9.68. The molecule has 0 bridgehead atoms. The molecule has 0 spiro atoms. The fourth-order valence-corrected chi connectivity index (χ4v) is 3.82. The number of benzene rings is 4. The molecule has 0 aliphatic rings. The first kappa shape index (κ1) is 25.3. The maximum absolute atomic E-state index is 14.8. The van der Waals surface area contributed by atoms with Crippen LogP contribution in [0.4, 0.5) is 30.7 Å². The zero-order valence-corrected chi connectivity index (χ0v) is 19.1. The number of halogens is 7. The lowest BCUT2D eigenvalue weighted by atomic mass is 10.00. The summed E-state index contributed by atoms with van der Waals surface area (Å²) in [5.41, 5.74) is -1.08. The third-order valence-electron chi connectivity index (χ3n) is 5.69. The highest BCUT2D eigenvalue weighted by atomic mass is 19.3. The lowest BCUT2D eigenvalue weighted by molar-refractivity contribution is -0.189. The van der Waals surface area contributed by atoms with Crippen LogP contribution in [-0.2, 0) is 12.5 Å². The van der Waals surface area contributed by atoms with Crippen molar-refractivity contribution in [2.75, 3.05) is 0 Å². The molecule has 0 aromatic heterocycles. The SMILES string of the molecule is CCc1ccc(-c2cc(F)c(C(F)(F)Oc3cc(F)c(-c4ccc(C)cc4)c(F)c3)c(F)c2)c(F)c1. The molecule has 0 saturated heterocycles. The minimum atomic E-state index is -4.64. The normalized spacial score (nSPS) is 11.6. The van der Waals surface area contributed by atoms with Crippen LogP contribution in [-0.4, -0.2) is 0 Å². The van der Waals surface area contributed by atoms with Gasteiger partial charge in [0, 0.05) is 17.7 Å². The maximum atomic E-state index is 14.8. The average molecular weight is 504 g/mol. The predicted octanol–water partition coefficient (Wildman–Crippen LogP) is 8.72. The second-order valence-electron chi connectivity index (χ2n) is 8.23. The molecule has 0 aliphatic heterocycles. The summed E-state index contributed by atoms with van der Waals surface area (Å²) in [6, 6.07) is 12.2. The Morgan fingerprint density at radius 2 is 1.25 bits per heavy atom. The molecule has 4 aromatic carbocycles. The highest BCUT2D eigenvalue weighted by Crippen LogP contribution is 2.39. The topological polar surface area (TPSA) is 9.23 Å². The Kier molecular flexibility index (Phi) is 6.80. The molecule has 4 rings (SSSR count). The largest absolute Gasteiger partial charge is 0.432 e. The van der Waals surface area contributed by atoms with Crippen LogP contribution in [0.5, 0.6) is 5.75 Å². The number of rotatable bonds is 6. The van der Waals surface area contributed by atoms with Gasteiger partial charge < -0.3 is 4.74 Å².